The molecule has 42 heavy (non-hydrogen) atoms. The van der Waals surface area contributed by atoms with Gasteiger partial charge in [0.2, 0.25) is 5.91 Å². The lowest BCUT2D eigenvalue weighted by Gasteiger charge is -2.13. The first kappa shape index (κ1) is 27.0. The number of nitrogens with zero attached hydrogens (tertiary/aromatic N) is 5. The summed E-state index contributed by atoms with van der Waals surface area (Å²) in [5, 5.41) is 14.6. The average molecular weight is 564 g/mol. The minimum Gasteiger partial charge on any atom is -0.384 e. The van der Waals surface area contributed by atoms with Gasteiger partial charge in [0.15, 0.2) is 0 Å². The quantitative estimate of drug-likeness (QED) is 0.178. The molecule has 1 amide bonds. The van der Waals surface area contributed by atoms with Crippen LogP contribution in [0, 0.1) is 5.82 Å². The number of likely N-dealkylation sites (N-methyl/N-ethyl adjacent to an activating group) is 1. The highest BCUT2D eigenvalue weighted by Gasteiger charge is 2.17. The van der Waals surface area contributed by atoms with E-state index >= 15 is 0 Å². The van der Waals surface area contributed by atoms with Crippen LogP contribution in [-0.2, 0) is 4.79 Å². The molecule has 0 unspecified atom stereocenters. The van der Waals surface area contributed by atoms with Gasteiger partial charge in [0.1, 0.15) is 17.0 Å². The van der Waals surface area contributed by atoms with Gasteiger partial charge in [-0.05, 0) is 62.1 Å². The minimum absolute atomic E-state index is 0.0859. The van der Waals surface area contributed by atoms with Gasteiger partial charge in [-0.3, -0.25) is 19.9 Å². The molecule has 1 aromatic carbocycles. The van der Waals surface area contributed by atoms with Crippen LogP contribution in [-0.4, -0.2) is 68.1 Å². The van der Waals surface area contributed by atoms with Crippen LogP contribution in [0.5, 0.6) is 0 Å². The second-order valence-corrected chi connectivity index (χ2v) is 10.3. The highest BCUT2D eigenvalue weighted by molar-refractivity contribution is 6.00. The number of hydrogen-bond acceptors (Lipinski definition) is 7. The molecular formula is C31H30FN9O. The fourth-order valence-corrected chi connectivity index (χ4v) is 4.83. The zero-order valence-corrected chi connectivity index (χ0v) is 23.5. The Morgan fingerprint density at radius 3 is 2.62 bits per heavy atom. The number of aromatic nitrogens is 6. The number of anilines is 2. The maximum absolute atomic E-state index is 14.7. The summed E-state index contributed by atoms with van der Waals surface area (Å²) in [6.45, 7) is 3.32. The van der Waals surface area contributed by atoms with Gasteiger partial charge < -0.3 is 20.5 Å². The minimum atomic E-state index is -0.324. The number of H-pyrrole nitrogens is 2. The summed E-state index contributed by atoms with van der Waals surface area (Å²) in [4.78, 5) is 30.9. The highest BCUT2D eigenvalue weighted by atomic mass is 19.1. The fraction of sp³-hybridized carbons (Fsp3) is 0.194. The summed E-state index contributed by atoms with van der Waals surface area (Å²) in [6.07, 6.45) is 7.18. The summed E-state index contributed by atoms with van der Waals surface area (Å²) in [7, 11) is 3.99. The second kappa shape index (κ2) is 11.4. The Kier molecular flexibility index (Phi) is 7.32. The third-order valence-electron chi connectivity index (χ3n) is 6.94. The third kappa shape index (κ3) is 5.54. The standard InChI is InChI=1S/C31H30FN9O/c1-4-29(42)36-22-11-19(14-33-15-22)25-5-6-26-30(38-25)31(40-39-26)27-13-23-24(16-34-17-28(23)37-27)18-9-20(32)12-21(10-18)35-7-8-41(2)3/h5-6,9-17,35,37H,4,7-8H2,1-3H3,(H,36,42)(H,39,40). The molecule has 4 N–H and O–H groups in total. The second-order valence-electron chi connectivity index (χ2n) is 10.3. The summed E-state index contributed by atoms with van der Waals surface area (Å²) in [5.74, 6) is -0.410. The number of hydrogen-bond donors (Lipinski definition) is 4. The molecule has 0 bridgehead atoms. The number of rotatable bonds is 9. The Bertz CT molecular complexity index is 1910. The molecule has 0 atom stereocenters. The molecule has 5 aromatic heterocycles. The number of carbonyl (C=O) groups excluding carboxylic acids is 1. The summed E-state index contributed by atoms with van der Waals surface area (Å²) >= 11 is 0. The molecule has 10 nitrogen and oxygen atoms in total. The Balaban J connectivity index is 1.36. The third-order valence-corrected chi connectivity index (χ3v) is 6.94. The largest absolute Gasteiger partial charge is 0.384 e. The van der Waals surface area contributed by atoms with Gasteiger partial charge in [-0.1, -0.05) is 6.92 Å². The smallest absolute Gasteiger partial charge is 0.224 e. The number of benzene rings is 1. The average Bonchev–Trinajstić information content (AvgIpc) is 3.60. The predicted molar refractivity (Wildman–Crippen MR) is 164 cm³/mol. The van der Waals surface area contributed by atoms with Crippen LogP contribution in [0.1, 0.15) is 13.3 Å². The van der Waals surface area contributed by atoms with E-state index < -0.39 is 0 Å². The van der Waals surface area contributed by atoms with Crippen LogP contribution in [0.15, 0.2) is 67.3 Å². The van der Waals surface area contributed by atoms with Gasteiger partial charge in [0, 0.05) is 54.1 Å². The number of nitrogens with one attached hydrogen (secondary N) is 4. The Hall–Kier alpha value is -5.16. The van der Waals surface area contributed by atoms with E-state index in [1.807, 2.05) is 44.4 Å². The molecule has 0 saturated carbocycles. The van der Waals surface area contributed by atoms with Crippen LogP contribution in [0.4, 0.5) is 15.8 Å². The van der Waals surface area contributed by atoms with E-state index in [0.29, 0.717) is 41.2 Å². The van der Waals surface area contributed by atoms with Gasteiger partial charge in [-0.15, -0.1) is 0 Å². The van der Waals surface area contributed by atoms with Crippen molar-refractivity contribution in [3.63, 3.8) is 0 Å². The SMILES string of the molecule is CCC(=O)Nc1cncc(-c2ccc3[nH]nc(-c4cc5c(-c6cc(F)cc(NCCN(C)C)c6)cncc5[nH]4)c3n2)c1. The van der Waals surface area contributed by atoms with Crippen molar-refractivity contribution in [2.75, 3.05) is 37.8 Å². The number of aromatic amines is 2. The molecule has 11 heteroatoms. The van der Waals surface area contributed by atoms with Crippen LogP contribution in [0.2, 0.25) is 0 Å². The first-order valence-corrected chi connectivity index (χ1v) is 13.6. The van der Waals surface area contributed by atoms with Crippen LogP contribution in [0.3, 0.4) is 0 Å². The van der Waals surface area contributed by atoms with Crippen molar-refractivity contribution in [3.05, 3.63) is 73.1 Å². The Morgan fingerprint density at radius 1 is 0.952 bits per heavy atom. The number of carbonyl (C=O) groups is 1. The van der Waals surface area contributed by atoms with Crippen molar-refractivity contribution in [1.82, 2.24) is 35.0 Å². The maximum Gasteiger partial charge on any atom is 0.224 e. The molecule has 6 rings (SSSR count). The lowest BCUT2D eigenvalue weighted by atomic mass is 10.0. The molecule has 0 radical (unpaired) electrons. The Morgan fingerprint density at radius 2 is 1.79 bits per heavy atom. The van der Waals surface area contributed by atoms with E-state index in [4.69, 9.17) is 4.98 Å². The van der Waals surface area contributed by atoms with Gasteiger partial charge in [-0.25, -0.2) is 9.37 Å². The fourth-order valence-electron chi connectivity index (χ4n) is 4.83. The van der Waals surface area contributed by atoms with Crippen LogP contribution >= 0.6 is 0 Å². The molecule has 212 valence electrons. The molecule has 0 aliphatic rings. The summed E-state index contributed by atoms with van der Waals surface area (Å²) < 4.78 is 14.7. The van der Waals surface area contributed by atoms with Crippen molar-refractivity contribution in [2.45, 2.75) is 13.3 Å². The molecule has 5 heterocycles. The maximum atomic E-state index is 14.7. The number of fused-ring (bicyclic) bond motifs is 2. The monoisotopic (exact) mass is 563 g/mol. The zero-order valence-electron chi connectivity index (χ0n) is 23.5. The van der Waals surface area contributed by atoms with Crippen molar-refractivity contribution in [1.29, 1.82) is 0 Å². The highest BCUT2D eigenvalue weighted by Crippen LogP contribution is 2.35. The summed E-state index contributed by atoms with van der Waals surface area (Å²) in [5.41, 5.74) is 7.93. The molecule has 0 aliphatic carbocycles. The van der Waals surface area contributed by atoms with Gasteiger partial charge >= 0.3 is 0 Å². The van der Waals surface area contributed by atoms with E-state index in [1.54, 1.807) is 31.7 Å². The topological polar surface area (TPSA) is 128 Å². The summed E-state index contributed by atoms with van der Waals surface area (Å²) in [6, 6.07) is 12.6. The van der Waals surface area contributed by atoms with Crippen molar-refractivity contribution < 1.29 is 9.18 Å². The molecule has 6 aromatic rings. The van der Waals surface area contributed by atoms with Gasteiger partial charge in [-0.2, -0.15) is 5.10 Å². The number of pyridine rings is 3. The van der Waals surface area contributed by atoms with E-state index in [9.17, 15) is 9.18 Å². The Labute approximate surface area is 241 Å². The van der Waals surface area contributed by atoms with Crippen molar-refractivity contribution >= 4 is 39.2 Å². The molecule has 0 saturated heterocycles. The number of amides is 1. The predicted octanol–water partition coefficient (Wildman–Crippen LogP) is 5.69. The van der Waals surface area contributed by atoms with E-state index in [1.165, 1.54) is 12.1 Å². The van der Waals surface area contributed by atoms with E-state index in [2.05, 4.69) is 40.7 Å². The van der Waals surface area contributed by atoms with Gasteiger partial charge in [0.05, 0.1) is 40.5 Å². The van der Waals surface area contributed by atoms with Crippen molar-refractivity contribution in [3.8, 4) is 33.8 Å². The first-order valence-electron chi connectivity index (χ1n) is 13.6. The number of halogens is 1. The van der Waals surface area contributed by atoms with Gasteiger partial charge in [0.25, 0.3) is 0 Å². The lowest BCUT2D eigenvalue weighted by molar-refractivity contribution is -0.115. The molecule has 0 spiro atoms. The van der Waals surface area contributed by atoms with Crippen LogP contribution in [0.25, 0.3) is 55.7 Å². The lowest BCUT2D eigenvalue weighted by Crippen LogP contribution is -2.20. The molecule has 0 aliphatic heterocycles. The molecular weight excluding hydrogens is 533 g/mol. The van der Waals surface area contributed by atoms with Crippen molar-refractivity contribution in [2.24, 2.45) is 0 Å². The van der Waals surface area contributed by atoms with E-state index in [0.717, 1.165) is 45.3 Å². The zero-order chi connectivity index (χ0) is 29.2. The molecule has 0 fully saturated rings. The first-order chi connectivity index (χ1) is 20.4. The van der Waals surface area contributed by atoms with Crippen LogP contribution < -0.4 is 10.6 Å². The normalized spacial score (nSPS) is 11.5. The van der Waals surface area contributed by atoms with E-state index in [-0.39, 0.29) is 11.7 Å².